The lowest BCUT2D eigenvalue weighted by atomic mass is 9.85. The van der Waals surface area contributed by atoms with Crippen LogP contribution in [0.25, 0.3) is 0 Å². The van der Waals surface area contributed by atoms with Crippen molar-refractivity contribution in [1.82, 2.24) is 5.32 Å². The van der Waals surface area contributed by atoms with Gasteiger partial charge in [0.1, 0.15) is 0 Å². The molecule has 0 heterocycles. The van der Waals surface area contributed by atoms with Crippen LogP contribution in [0.2, 0.25) is 0 Å². The van der Waals surface area contributed by atoms with E-state index in [2.05, 4.69) is 38.2 Å². The molecular weight excluding hydrogens is 254 g/mol. The highest BCUT2D eigenvalue weighted by Crippen LogP contribution is 2.34. The largest absolute Gasteiger partial charge is 0.481 e. The summed E-state index contributed by atoms with van der Waals surface area (Å²) in [6.45, 7) is 6.89. The normalized spacial score (nSPS) is 21.8. The van der Waals surface area contributed by atoms with Crippen LogP contribution >= 0.6 is 0 Å². The number of carboxylic acids is 1. The van der Waals surface area contributed by atoms with Gasteiger partial charge < -0.3 is 15.5 Å². The molecule has 0 bridgehead atoms. The van der Waals surface area contributed by atoms with Gasteiger partial charge in [0, 0.05) is 12.6 Å². The van der Waals surface area contributed by atoms with E-state index in [1.54, 1.807) is 0 Å². The smallest absolute Gasteiger partial charge is 0.304 e. The van der Waals surface area contributed by atoms with E-state index >= 15 is 0 Å². The SMILES string of the molecule is CC(C)(C)c1ccc2c(c1)CC(NCCC(=O)O)C2O. The van der Waals surface area contributed by atoms with Crippen LogP contribution in [0.4, 0.5) is 0 Å². The number of fused-ring (bicyclic) bond motifs is 1. The zero-order valence-corrected chi connectivity index (χ0v) is 12.3. The third kappa shape index (κ3) is 3.19. The summed E-state index contributed by atoms with van der Waals surface area (Å²) < 4.78 is 0. The Morgan fingerprint density at radius 3 is 2.70 bits per heavy atom. The summed E-state index contributed by atoms with van der Waals surface area (Å²) in [5.74, 6) is -0.822. The summed E-state index contributed by atoms with van der Waals surface area (Å²) in [4.78, 5) is 10.5. The Bertz CT molecular complexity index is 505. The average molecular weight is 277 g/mol. The van der Waals surface area contributed by atoms with Gasteiger partial charge in [0.05, 0.1) is 12.5 Å². The summed E-state index contributed by atoms with van der Waals surface area (Å²) in [7, 11) is 0. The first-order valence-corrected chi connectivity index (χ1v) is 7.05. The molecular formula is C16H23NO3. The van der Waals surface area contributed by atoms with Crippen molar-refractivity contribution in [1.29, 1.82) is 0 Å². The summed E-state index contributed by atoms with van der Waals surface area (Å²) >= 11 is 0. The molecule has 0 saturated heterocycles. The number of carbonyl (C=O) groups is 1. The van der Waals surface area contributed by atoms with E-state index < -0.39 is 12.1 Å². The quantitative estimate of drug-likeness (QED) is 0.787. The van der Waals surface area contributed by atoms with E-state index in [4.69, 9.17) is 5.11 Å². The van der Waals surface area contributed by atoms with Gasteiger partial charge in [0.25, 0.3) is 0 Å². The topological polar surface area (TPSA) is 69.6 Å². The standard InChI is InChI=1S/C16H23NO3/c1-16(2,3)11-4-5-12-10(8-11)9-13(15(12)20)17-7-6-14(18)19/h4-5,8,13,15,17,20H,6-7,9H2,1-3H3,(H,18,19). The lowest BCUT2D eigenvalue weighted by Gasteiger charge is -2.20. The maximum Gasteiger partial charge on any atom is 0.304 e. The highest BCUT2D eigenvalue weighted by atomic mass is 16.4. The van der Waals surface area contributed by atoms with Crippen molar-refractivity contribution < 1.29 is 15.0 Å². The van der Waals surface area contributed by atoms with Gasteiger partial charge in [-0.3, -0.25) is 4.79 Å². The predicted octanol–water partition coefficient (Wildman–Crippen LogP) is 2.01. The number of benzene rings is 1. The first-order chi connectivity index (χ1) is 9.29. The minimum atomic E-state index is -0.822. The summed E-state index contributed by atoms with van der Waals surface area (Å²) in [6.07, 6.45) is 0.278. The lowest BCUT2D eigenvalue weighted by Crippen LogP contribution is -2.34. The van der Waals surface area contributed by atoms with Gasteiger partial charge in [-0.1, -0.05) is 39.0 Å². The lowest BCUT2D eigenvalue weighted by molar-refractivity contribution is -0.136. The molecule has 2 rings (SSSR count). The van der Waals surface area contributed by atoms with Crippen LogP contribution in [0, 0.1) is 0 Å². The van der Waals surface area contributed by atoms with Crippen molar-refractivity contribution in [3.8, 4) is 0 Å². The highest BCUT2D eigenvalue weighted by molar-refractivity contribution is 5.66. The maximum absolute atomic E-state index is 10.5. The number of aliphatic carboxylic acids is 1. The van der Waals surface area contributed by atoms with E-state index in [1.807, 2.05) is 6.07 Å². The van der Waals surface area contributed by atoms with E-state index in [0.717, 1.165) is 17.5 Å². The molecule has 0 aromatic heterocycles. The van der Waals surface area contributed by atoms with E-state index in [0.29, 0.717) is 6.54 Å². The first-order valence-electron chi connectivity index (χ1n) is 7.05. The van der Waals surface area contributed by atoms with Crippen LogP contribution < -0.4 is 5.32 Å². The van der Waals surface area contributed by atoms with Gasteiger partial charge in [0.15, 0.2) is 0 Å². The molecule has 1 aromatic rings. The molecule has 4 nitrogen and oxygen atoms in total. The number of nitrogens with one attached hydrogen (secondary N) is 1. The van der Waals surface area contributed by atoms with Gasteiger partial charge in [-0.05, 0) is 28.5 Å². The number of carboxylic acid groups (broad SMARTS) is 1. The van der Waals surface area contributed by atoms with E-state index in [-0.39, 0.29) is 17.9 Å². The van der Waals surface area contributed by atoms with E-state index in [9.17, 15) is 9.90 Å². The molecule has 2 atom stereocenters. The van der Waals surface area contributed by atoms with Crippen LogP contribution in [0.5, 0.6) is 0 Å². The van der Waals surface area contributed by atoms with Crippen LogP contribution in [-0.2, 0) is 16.6 Å². The zero-order valence-electron chi connectivity index (χ0n) is 12.3. The second kappa shape index (κ2) is 5.54. The monoisotopic (exact) mass is 277 g/mol. The third-order valence-electron chi connectivity index (χ3n) is 3.89. The number of hydrogen-bond acceptors (Lipinski definition) is 3. The average Bonchev–Trinajstić information content (AvgIpc) is 2.65. The number of rotatable bonds is 4. The number of aliphatic hydroxyl groups excluding tert-OH is 1. The fraction of sp³-hybridized carbons (Fsp3) is 0.562. The summed E-state index contributed by atoms with van der Waals surface area (Å²) in [6, 6.07) is 6.15. The molecule has 0 spiro atoms. The van der Waals surface area contributed by atoms with Gasteiger partial charge >= 0.3 is 5.97 Å². The van der Waals surface area contributed by atoms with Gasteiger partial charge in [-0.15, -0.1) is 0 Å². The van der Waals surface area contributed by atoms with Crippen molar-refractivity contribution in [2.75, 3.05) is 6.54 Å². The second-order valence-corrected chi connectivity index (χ2v) is 6.52. The molecule has 110 valence electrons. The Hall–Kier alpha value is -1.39. The Balaban J connectivity index is 2.08. The number of hydrogen-bond donors (Lipinski definition) is 3. The van der Waals surface area contributed by atoms with Crippen LogP contribution in [-0.4, -0.2) is 28.8 Å². The Morgan fingerprint density at radius 1 is 1.40 bits per heavy atom. The second-order valence-electron chi connectivity index (χ2n) is 6.52. The predicted molar refractivity (Wildman–Crippen MR) is 77.8 cm³/mol. The van der Waals surface area contributed by atoms with Gasteiger partial charge in [0.2, 0.25) is 0 Å². The fourth-order valence-electron chi connectivity index (χ4n) is 2.65. The summed E-state index contributed by atoms with van der Waals surface area (Å²) in [5.41, 5.74) is 3.48. The van der Waals surface area contributed by atoms with Crippen molar-refractivity contribution in [2.24, 2.45) is 0 Å². The van der Waals surface area contributed by atoms with Crippen LogP contribution in [0.1, 0.15) is 50.0 Å². The van der Waals surface area contributed by atoms with Crippen molar-refractivity contribution >= 4 is 5.97 Å². The Kier molecular flexibility index (Phi) is 4.16. The fourth-order valence-corrected chi connectivity index (χ4v) is 2.65. The molecule has 0 aliphatic heterocycles. The molecule has 1 aliphatic rings. The minimum absolute atomic E-state index is 0.0762. The molecule has 0 saturated carbocycles. The Morgan fingerprint density at radius 2 is 2.10 bits per heavy atom. The van der Waals surface area contributed by atoms with Gasteiger partial charge in [-0.25, -0.2) is 0 Å². The molecule has 2 unspecified atom stereocenters. The molecule has 4 heteroatoms. The molecule has 20 heavy (non-hydrogen) atoms. The molecule has 1 aliphatic carbocycles. The zero-order chi connectivity index (χ0) is 14.9. The maximum atomic E-state index is 10.5. The molecule has 0 amide bonds. The van der Waals surface area contributed by atoms with E-state index in [1.165, 1.54) is 5.56 Å². The first kappa shape index (κ1) is 15.0. The molecule has 0 radical (unpaired) electrons. The van der Waals surface area contributed by atoms with Gasteiger partial charge in [-0.2, -0.15) is 0 Å². The summed E-state index contributed by atoms with van der Waals surface area (Å²) in [5, 5.41) is 22.1. The molecule has 0 fully saturated rings. The Labute approximate surface area is 119 Å². The third-order valence-corrected chi connectivity index (χ3v) is 3.89. The minimum Gasteiger partial charge on any atom is -0.481 e. The van der Waals surface area contributed by atoms with Crippen molar-refractivity contribution in [3.63, 3.8) is 0 Å². The molecule has 1 aromatic carbocycles. The number of aliphatic hydroxyl groups is 1. The van der Waals surface area contributed by atoms with Crippen molar-refractivity contribution in [3.05, 3.63) is 34.9 Å². The van der Waals surface area contributed by atoms with Crippen molar-refractivity contribution in [2.45, 2.75) is 51.2 Å². The highest BCUT2D eigenvalue weighted by Gasteiger charge is 2.31. The molecule has 3 N–H and O–H groups in total. The van der Waals surface area contributed by atoms with Crippen LogP contribution in [0.3, 0.4) is 0 Å². The van der Waals surface area contributed by atoms with Crippen LogP contribution in [0.15, 0.2) is 18.2 Å².